The van der Waals surface area contributed by atoms with Gasteiger partial charge in [-0.05, 0) is 30.3 Å². The van der Waals surface area contributed by atoms with Crippen molar-refractivity contribution >= 4 is 11.9 Å². The molecule has 8 nitrogen and oxygen atoms in total. The van der Waals surface area contributed by atoms with Crippen LogP contribution in [0.4, 0.5) is 10.3 Å². The number of rotatable bonds is 6. The lowest BCUT2D eigenvalue weighted by Crippen LogP contribution is -2.50. The Hall–Kier alpha value is -4.27. The zero-order valence-corrected chi connectivity index (χ0v) is 19.3. The number of ether oxygens (including phenoxy) is 1. The molecule has 1 aliphatic heterocycles. The van der Waals surface area contributed by atoms with Crippen LogP contribution in [0.1, 0.15) is 0 Å². The normalized spacial score (nSPS) is 13.7. The van der Waals surface area contributed by atoms with Crippen LogP contribution in [0.25, 0.3) is 22.5 Å². The molecule has 1 amide bonds. The van der Waals surface area contributed by atoms with Gasteiger partial charge in [-0.1, -0.05) is 30.3 Å². The van der Waals surface area contributed by atoms with Crippen molar-refractivity contribution in [3.05, 3.63) is 78.9 Å². The number of methoxy groups -OCH3 is 1. The van der Waals surface area contributed by atoms with Crippen molar-refractivity contribution in [3.63, 3.8) is 0 Å². The van der Waals surface area contributed by atoms with E-state index in [4.69, 9.17) is 9.84 Å². The Balaban J connectivity index is 1.38. The maximum atomic E-state index is 14.0. The number of hydrogen-bond donors (Lipinski definition) is 0. The summed E-state index contributed by atoms with van der Waals surface area (Å²) in [5.74, 6) is 0.340. The lowest BCUT2D eigenvalue weighted by atomic mass is 10.1. The van der Waals surface area contributed by atoms with Crippen molar-refractivity contribution < 1.29 is 13.9 Å². The molecule has 1 fully saturated rings. The first-order valence-corrected chi connectivity index (χ1v) is 11.4. The van der Waals surface area contributed by atoms with E-state index in [0.29, 0.717) is 37.8 Å². The van der Waals surface area contributed by atoms with E-state index < -0.39 is 5.82 Å². The Morgan fingerprint density at radius 2 is 1.69 bits per heavy atom. The third-order valence-corrected chi connectivity index (χ3v) is 6.05. The molecule has 2 aromatic carbocycles. The standard InChI is InChI=1S/C26H25FN6O2/c1-35-24-16-20(8-9-21(24)27)23-17-22(19-6-3-2-4-7-19)30-33(23)18-25(34)31-12-14-32(15-13-31)26-28-10-5-11-29-26/h2-11,16-17H,12-15,18H2,1H3. The van der Waals surface area contributed by atoms with Crippen molar-refractivity contribution in [1.82, 2.24) is 24.6 Å². The smallest absolute Gasteiger partial charge is 0.244 e. The van der Waals surface area contributed by atoms with E-state index in [9.17, 15) is 9.18 Å². The Labute approximate surface area is 202 Å². The van der Waals surface area contributed by atoms with Gasteiger partial charge in [0.25, 0.3) is 0 Å². The van der Waals surface area contributed by atoms with Crippen LogP contribution in [0.3, 0.4) is 0 Å². The molecule has 9 heteroatoms. The molecule has 3 heterocycles. The first-order chi connectivity index (χ1) is 17.1. The van der Waals surface area contributed by atoms with Gasteiger partial charge >= 0.3 is 0 Å². The second kappa shape index (κ2) is 9.92. The van der Waals surface area contributed by atoms with Crippen LogP contribution in [0.15, 0.2) is 73.1 Å². The molecule has 0 radical (unpaired) electrons. The number of benzene rings is 2. The highest BCUT2D eigenvalue weighted by Crippen LogP contribution is 2.30. The summed E-state index contributed by atoms with van der Waals surface area (Å²) in [5.41, 5.74) is 3.11. The van der Waals surface area contributed by atoms with Crippen LogP contribution < -0.4 is 9.64 Å². The molecular formula is C26H25FN6O2. The highest BCUT2D eigenvalue weighted by atomic mass is 19.1. The van der Waals surface area contributed by atoms with Gasteiger partial charge < -0.3 is 14.5 Å². The third kappa shape index (κ3) is 4.84. The number of carbonyl (C=O) groups is 1. The molecule has 0 unspecified atom stereocenters. The van der Waals surface area contributed by atoms with E-state index in [1.807, 2.05) is 41.3 Å². The molecule has 2 aromatic heterocycles. The molecule has 0 N–H and O–H groups in total. The lowest BCUT2D eigenvalue weighted by molar-refractivity contribution is -0.132. The van der Waals surface area contributed by atoms with Crippen LogP contribution in [-0.4, -0.2) is 63.8 Å². The number of nitrogens with zero attached hydrogens (tertiary/aromatic N) is 6. The minimum absolute atomic E-state index is 0.0309. The maximum absolute atomic E-state index is 14.0. The fourth-order valence-electron chi connectivity index (χ4n) is 4.18. The molecular weight excluding hydrogens is 447 g/mol. The number of aromatic nitrogens is 4. The van der Waals surface area contributed by atoms with E-state index >= 15 is 0 Å². The van der Waals surface area contributed by atoms with Gasteiger partial charge in [0.15, 0.2) is 11.6 Å². The minimum atomic E-state index is -0.443. The fourth-order valence-corrected chi connectivity index (χ4v) is 4.18. The molecule has 0 spiro atoms. The van der Waals surface area contributed by atoms with Crippen LogP contribution in [-0.2, 0) is 11.3 Å². The average molecular weight is 473 g/mol. The Bertz CT molecular complexity index is 1300. The van der Waals surface area contributed by atoms with Gasteiger partial charge in [0.2, 0.25) is 11.9 Å². The second-order valence-corrected chi connectivity index (χ2v) is 8.20. The second-order valence-electron chi connectivity index (χ2n) is 8.20. The molecule has 0 bridgehead atoms. The topological polar surface area (TPSA) is 76.4 Å². The van der Waals surface area contributed by atoms with Crippen molar-refractivity contribution in [2.45, 2.75) is 6.54 Å². The molecule has 0 saturated carbocycles. The Morgan fingerprint density at radius 1 is 0.943 bits per heavy atom. The summed E-state index contributed by atoms with van der Waals surface area (Å²) in [6, 6.07) is 18.1. The summed E-state index contributed by atoms with van der Waals surface area (Å²) in [7, 11) is 1.43. The zero-order valence-electron chi connectivity index (χ0n) is 19.3. The summed E-state index contributed by atoms with van der Waals surface area (Å²) in [4.78, 5) is 25.7. The van der Waals surface area contributed by atoms with Crippen LogP contribution >= 0.6 is 0 Å². The number of anilines is 1. The van der Waals surface area contributed by atoms with Gasteiger partial charge in [-0.25, -0.2) is 14.4 Å². The molecule has 35 heavy (non-hydrogen) atoms. The van der Waals surface area contributed by atoms with Gasteiger partial charge in [0.1, 0.15) is 6.54 Å². The van der Waals surface area contributed by atoms with Gasteiger partial charge in [-0.15, -0.1) is 0 Å². The van der Waals surface area contributed by atoms with E-state index in [1.165, 1.54) is 13.2 Å². The van der Waals surface area contributed by atoms with Gasteiger partial charge in [0, 0.05) is 49.7 Å². The van der Waals surface area contributed by atoms with Crippen LogP contribution in [0.2, 0.25) is 0 Å². The summed E-state index contributed by atoms with van der Waals surface area (Å²) >= 11 is 0. The van der Waals surface area contributed by atoms with E-state index in [1.54, 1.807) is 35.3 Å². The Morgan fingerprint density at radius 3 is 2.40 bits per heavy atom. The molecule has 1 aliphatic rings. The quantitative estimate of drug-likeness (QED) is 0.428. The summed E-state index contributed by atoms with van der Waals surface area (Å²) in [5, 5.41) is 4.74. The van der Waals surface area contributed by atoms with E-state index in [-0.39, 0.29) is 18.2 Å². The van der Waals surface area contributed by atoms with Gasteiger partial charge in [-0.3, -0.25) is 9.48 Å². The highest BCUT2D eigenvalue weighted by molar-refractivity contribution is 5.78. The highest BCUT2D eigenvalue weighted by Gasteiger charge is 2.24. The van der Waals surface area contributed by atoms with Gasteiger partial charge in [0.05, 0.1) is 18.5 Å². The molecule has 4 aromatic rings. The number of carbonyl (C=O) groups excluding carboxylic acids is 1. The fraction of sp³-hybridized carbons (Fsp3) is 0.231. The predicted octanol–water partition coefficient (Wildman–Crippen LogP) is 3.50. The van der Waals surface area contributed by atoms with Crippen molar-refractivity contribution in [2.75, 3.05) is 38.2 Å². The zero-order chi connectivity index (χ0) is 24.2. The number of hydrogen-bond acceptors (Lipinski definition) is 6. The summed E-state index contributed by atoms with van der Waals surface area (Å²) in [6.07, 6.45) is 3.43. The predicted molar refractivity (Wildman–Crippen MR) is 130 cm³/mol. The largest absolute Gasteiger partial charge is 0.494 e. The maximum Gasteiger partial charge on any atom is 0.244 e. The lowest BCUT2D eigenvalue weighted by Gasteiger charge is -2.34. The van der Waals surface area contributed by atoms with Gasteiger partial charge in [-0.2, -0.15) is 5.10 Å². The van der Waals surface area contributed by atoms with Crippen molar-refractivity contribution in [3.8, 4) is 28.3 Å². The molecule has 1 saturated heterocycles. The molecule has 178 valence electrons. The first kappa shape index (κ1) is 22.5. The van der Waals surface area contributed by atoms with Crippen LogP contribution in [0, 0.1) is 5.82 Å². The Kier molecular flexibility index (Phi) is 6.38. The molecule has 5 rings (SSSR count). The number of piperazine rings is 1. The number of halogens is 1. The van der Waals surface area contributed by atoms with Crippen molar-refractivity contribution in [1.29, 1.82) is 0 Å². The number of amides is 1. The SMILES string of the molecule is COc1cc(-c2cc(-c3ccccc3)nn2CC(=O)N2CCN(c3ncccn3)CC2)ccc1F. The molecule has 0 aliphatic carbocycles. The minimum Gasteiger partial charge on any atom is -0.494 e. The first-order valence-electron chi connectivity index (χ1n) is 11.4. The van der Waals surface area contributed by atoms with Crippen molar-refractivity contribution in [2.24, 2.45) is 0 Å². The van der Waals surface area contributed by atoms with E-state index in [0.717, 1.165) is 16.8 Å². The summed E-state index contributed by atoms with van der Waals surface area (Å²) < 4.78 is 20.9. The average Bonchev–Trinajstić information content (AvgIpc) is 3.33. The molecule has 0 atom stereocenters. The van der Waals surface area contributed by atoms with Crippen LogP contribution in [0.5, 0.6) is 5.75 Å². The summed E-state index contributed by atoms with van der Waals surface area (Å²) in [6.45, 7) is 2.54. The monoisotopic (exact) mass is 472 g/mol. The third-order valence-electron chi connectivity index (χ3n) is 6.05. The van der Waals surface area contributed by atoms with E-state index in [2.05, 4.69) is 14.9 Å².